The number of aryl methyl sites for hydroxylation is 3. The van der Waals surface area contributed by atoms with E-state index in [0.29, 0.717) is 43.4 Å². The van der Waals surface area contributed by atoms with Crippen molar-refractivity contribution in [2.24, 2.45) is 7.05 Å². The fourth-order valence-electron chi connectivity index (χ4n) is 4.13. The highest BCUT2D eigenvalue weighted by Crippen LogP contribution is 2.21. The Kier molecular flexibility index (Phi) is 5.63. The maximum absolute atomic E-state index is 13.0. The van der Waals surface area contributed by atoms with Gasteiger partial charge < -0.3 is 19.3 Å². The first-order chi connectivity index (χ1) is 14.8. The van der Waals surface area contributed by atoms with Crippen molar-refractivity contribution in [3.63, 3.8) is 0 Å². The predicted octanol–water partition coefficient (Wildman–Crippen LogP) is 2.45. The third-order valence-corrected chi connectivity index (χ3v) is 6.07. The SMILES string of the molecule is Cc1noc(C)c1CN1CCC(NC(=O)c2cc(=O)n(C)c3ccccc23)CCC1=O. The van der Waals surface area contributed by atoms with E-state index in [1.54, 1.807) is 11.9 Å². The van der Waals surface area contributed by atoms with Crippen LogP contribution < -0.4 is 10.9 Å². The average Bonchev–Trinajstić information content (AvgIpc) is 2.97. The number of amides is 2. The third kappa shape index (κ3) is 4.10. The number of para-hydroxylation sites is 1. The van der Waals surface area contributed by atoms with E-state index < -0.39 is 0 Å². The molecule has 0 spiro atoms. The smallest absolute Gasteiger partial charge is 0.252 e. The number of nitrogens with one attached hydrogen (secondary N) is 1. The zero-order chi connectivity index (χ0) is 22.1. The van der Waals surface area contributed by atoms with Crippen LogP contribution in [0.3, 0.4) is 0 Å². The number of nitrogens with zero attached hydrogens (tertiary/aromatic N) is 3. The number of aromatic nitrogens is 2. The molecule has 0 radical (unpaired) electrons. The largest absolute Gasteiger partial charge is 0.361 e. The molecule has 1 unspecified atom stereocenters. The molecule has 0 bridgehead atoms. The van der Waals surface area contributed by atoms with Gasteiger partial charge in [0.25, 0.3) is 11.5 Å². The molecule has 1 aromatic carbocycles. The van der Waals surface area contributed by atoms with Crippen LogP contribution in [-0.4, -0.2) is 39.0 Å². The highest BCUT2D eigenvalue weighted by atomic mass is 16.5. The summed E-state index contributed by atoms with van der Waals surface area (Å²) < 4.78 is 6.74. The van der Waals surface area contributed by atoms with Crippen molar-refractivity contribution in [1.82, 2.24) is 19.9 Å². The Hall–Kier alpha value is -3.42. The molecule has 4 rings (SSSR count). The number of likely N-dealkylation sites (tertiary alicyclic amines) is 1. The molecule has 3 heterocycles. The van der Waals surface area contributed by atoms with Gasteiger partial charge in [-0.2, -0.15) is 0 Å². The summed E-state index contributed by atoms with van der Waals surface area (Å²) in [7, 11) is 1.69. The summed E-state index contributed by atoms with van der Waals surface area (Å²) in [5.74, 6) is 0.484. The summed E-state index contributed by atoms with van der Waals surface area (Å²) in [5.41, 5.74) is 2.56. The quantitative estimate of drug-likeness (QED) is 0.697. The van der Waals surface area contributed by atoms with Crippen LogP contribution in [-0.2, 0) is 18.4 Å². The molecule has 162 valence electrons. The van der Waals surface area contributed by atoms with Crippen LogP contribution in [0.15, 0.2) is 39.6 Å². The minimum Gasteiger partial charge on any atom is -0.361 e. The van der Waals surface area contributed by atoms with Gasteiger partial charge in [-0.05, 0) is 32.8 Å². The van der Waals surface area contributed by atoms with E-state index in [1.165, 1.54) is 10.6 Å². The summed E-state index contributed by atoms with van der Waals surface area (Å²) in [4.78, 5) is 39.8. The van der Waals surface area contributed by atoms with Gasteiger partial charge >= 0.3 is 0 Å². The van der Waals surface area contributed by atoms with E-state index in [1.807, 2.05) is 38.1 Å². The molecule has 0 saturated carbocycles. The number of hydrogen-bond acceptors (Lipinski definition) is 5. The number of fused-ring (bicyclic) bond motifs is 1. The maximum atomic E-state index is 13.0. The van der Waals surface area contributed by atoms with Crippen molar-refractivity contribution in [2.75, 3.05) is 6.54 Å². The van der Waals surface area contributed by atoms with Crippen LogP contribution in [0, 0.1) is 13.8 Å². The second-order valence-corrected chi connectivity index (χ2v) is 8.09. The number of benzene rings is 1. The monoisotopic (exact) mass is 422 g/mol. The Morgan fingerprint density at radius 1 is 1.23 bits per heavy atom. The topological polar surface area (TPSA) is 97.4 Å². The molecular formula is C23H26N4O4. The van der Waals surface area contributed by atoms with E-state index in [4.69, 9.17) is 4.52 Å². The van der Waals surface area contributed by atoms with Crippen molar-refractivity contribution in [3.05, 3.63) is 63.3 Å². The van der Waals surface area contributed by atoms with Crippen molar-refractivity contribution in [2.45, 2.75) is 45.7 Å². The molecule has 1 aliphatic heterocycles. The average molecular weight is 422 g/mol. The molecule has 8 heteroatoms. The van der Waals surface area contributed by atoms with E-state index >= 15 is 0 Å². The molecular weight excluding hydrogens is 396 g/mol. The lowest BCUT2D eigenvalue weighted by molar-refractivity contribution is -0.131. The van der Waals surface area contributed by atoms with Crippen LogP contribution in [0.25, 0.3) is 10.9 Å². The standard InChI is InChI=1S/C23H26N4O4/c1-14-19(15(2)31-25-14)13-27-11-10-16(8-9-21(27)28)24-23(30)18-12-22(29)26(3)20-7-5-4-6-17(18)20/h4-7,12,16H,8-11,13H2,1-3H3,(H,24,30). The Bertz CT molecular complexity index is 1190. The number of pyridine rings is 1. The zero-order valence-electron chi connectivity index (χ0n) is 18.0. The van der Waals surface area contributed by atoms with Gasteiger partial charge in [-0.3, -0.25) is 14.4 Å². The fourth-order valence-corrected chi connectivity index (χ4v) is 4.13. The normalized spacial score (nSPS) is 17.1. The lowest BCUT2D eigenvalue weighted by atomic mass is 10.1. The molecule has 1 fully saturated rings. The Balaban J connectivity index is 1.49. The van der Waals surface area contributed by atoms with Gasteiger partial charge in [-0.15, -0.1) is 0 Å². The molecule has 1 N–H and O–H groups in total. The first kappa shape index (κ1) is 20.8. The van der Waals surface area contributed by atoms with Gasteiger partial charge in [0.1, 0.15) is 5.76 Å². The number of carbonyl (C=O) groups excluding carboxylic acids is 2. The molecule has 2 amide bonds. The number of hydrogen-bond donors (Lipinski definition) is 1. The summed E-state index contributed by atoms with van der Waals surface area (Å²) in [6.07, 6.45) is 1.56. The number of carbonyl (C=O) groups is 2. The second-order valence-electron chi connectivity index (χ2n) is 8.09. The van der Waals surface area contributed by atoms with Crippen molar-refractivity contribution >= 4 is 22.7 Å². The van der Waals surface area contributed by atoms with Gasteiger partial charge in [0.05, 0.1) is 23.3 Å². The van der Waals surface area contributed by atoms with Gasteiger partial charge in [0.2, 0.25) is 5.91 Å². The van der Waals surface area contributed by atoms with Gasteiger partial charge in [-0.1, -0.05) is 23.4 Å². The van der Waals surface area contributed by atoms with Crippen LogP contribution in [0.2, 0.25) is 0 Å². The Morgan fingerprint density at radius 2 is 2.00 bits per heavy atom. The van der Waals surface area contributed by atoms with Crippen LogP contribution in [0.4, 0.5) is 0 Å². The lowest BCUT2D eigenvalue weighted by Crippen LogP contribution is -2.36. The van der Waals surface area contributed by atoms with Crippen LogP contribution >= 0.6 is 0 Å². The fraction of sp³-hybridized carbons (Fsp3) is 0.391. The van der Waals surface area contributed by atoms with Crippen LogP contribution in [0.5, 0.6) is 0 Å². The van der Waals surface area contributed by atoms with Gasteiger partial charge in [0.15, 0.2) is 0 Å². The van der Waals surface area contributed by atoms with Crippen molar-refractivity contribution < 1.29 is 14.1 Å². The number of rotatable bonds is 4. The van der Waals surface area contributed by atoms with E-state index in [-0.39, 0.29) is 23.4 Å². The van der Waals surface area contributed by atoms with Crippen LogP contribution in [0.1, 0.15) is 46.6 Å². The Labute approximate surface area is 179 Å². The zero-order valence-corrected chi connectivity index (χ0v) is 18.0. The second kappa shape index (κ2) is 8.37. The van der Waals surface area contributed by atoms with Crippen molar-refractivity contribution in [1.29, 1.82) is 0 Å². The summed E-state index contributed by atoms with van der Waals surface area (Å²) >= 11 is 0. The maximum Gasteiger partial charge on any atom is 0.252 e. The molecule has 1 atom stereocenters. The third-order valence-electron chi connectivity index (χ3n) is 6.07. The molecule has 8 nitrogen and oxygen atoms in total. The highest BCUT2D eigenvalue weighted by molar-refractivity contribution is 6.06. The minimum atomic E-state index is -0.287. The first-order valence-corrected chi connectivity index (χ1v) is 10.4. The molecule has 1 saturated heterocycles. The first-order valence-electron chi connectivity index (χ1n) is 10.4. The van der Waals surface area contributed by atoms with Gasteiger partial charge in [0, 0.05) is 43.1 Å². The van der Waals surface area contributed by atoms with E-state index in [9.17, 15) is 14.4 Å². The Morgan fingerprint density at radius 3 is 2.74 bits per heavy atom. The summed E-state index contributed by atoms with van der Waals surface area (Å²) in [5, 5.41) is 7.73. The van der Waals surface area contributed by atoms with E-state index in [2.05, 4.69) is 10.5 Å². The van der Waals surface area contributed by atoms with E-state index in [0.717, 1.165) is 22.4 Å². The summed E-state index contributed by atoms with van der Waals surface area (Å²) in [6.45, 7) is 4.70. The summed E-state index contributed by atoms with van der Waals surface area (Å²) in [6, 6.07) is 8.59. The highest BCUT2D eigenvalue weighted by Gasteiger charge is 2.26. The molecule has 31 heavy (non-hydrogen) atoms. The molecule has 1 aliphatic rings. The predicted molar refractivity (Wildman–Crippen MR) is 116 cm³/mol. The molecule has 3 aromatic rings. The van der Waals surface area contributed by atoms with Crippen molar-refractivity contribution in [3.8, 4) is 0 Å². The van der Waals surface area contributed by atoms with Gasteiger partial charge in [-0.25, -0.2) is 0 Å². The lowest BCUT2D eigenvalue weighted by Gasteiger charge is -2.21. The molecule has 2 aromatic heterocycles. The minimum absolute atomic E-state index is 0.0516. The molecule has 0 aliphatic carbocycles.